The smallest absolute Gasteiger partial charge is 0.319 e. The van der Waals surface area contributed by atoms with Gasteiger partial charge in [0.05, 0.1) is 24.2 Å². The summed E-state index contributed by atoms with van der Waals surface area (Å²) in [6.45, 7) is 4.90. The van der Waals surface area contributed by atoms with Crippen LogP contribution in [0.3, 0.4) is 0 Å². The molecule has 1 aromatic carbocycles. The van der Waals surface area contributed by atoms with E-state index in [4.69, 9.17) is 0 Å². The Hall–Kier alpha value is -2.63. The van der Waals surface area contributed by atoms with E-state index in [0.717, 1.165) is 5.69 Å². The zero-order valence-electron chi connectivity index (χ0n) is 18.1. The molecule has 1 fully saturated rings. The number of amides is 2. The predicted molar refractivity (Wildman–Crippen MR) is 118 cm³/mol. The van der Waals surface area contributed by atoms with Gasteiger partial charge in [0.25, 0.3) is 0 Å². The van der Waals surface area contributed by atoms with Crippen molar-refractivity contribution in [1.29, 1.82) is 0 Å². The quantitative estimate of drug-likeness (QED) is 0.652. The van der Waals surface area contributed by atoms with Crippen molar-refractivity contribution in [2.75, 3.05) is 37.2 Å². The maximum Gasteiger partial charge on any atom is 0.319 e. The van der Waals surface area contributed by atoms with Gasteiger partial charge in [-0.1, -0.05) is 6.07 Å². The van der Waals surface area contributed by atoms with Gasteiger partial charge in [-0.2, -0.15) is 4.31 Å². The van der Waals surface area contributed by atoms with E-state index in [1.807, 2.05) is 11.8 Å². The molecular weight excluding hydrogens is 440 g/mol. The molecule has 32 heavy (non-hydrogen) atoms. The van der Waals surface area contributed by atoms with Crippen LogP contribution in [0.2, 0.25) is 0 Å². The Morgan fingerprint density at radius 2 is 1.84 bits per heavy atom. The molecule has 0 atom stereocenters. The first kappa shape index (κ1) is 24.0. The third-order valence-electron chi connectivity index (χ3n) is 5.34. The number of hydrogen-bond donors (Lipinski definition) is 2. The summed E-state index contributed by atoms with van der Waals surface area (Å²) in [7, 11) is -3.25. The number of nitrogens with one attached hydrogen (secondary N) is 2. The molecule has 0 spiro atoms. The molecule has 174 valence electrons. The summed E-state index contributed by atoms with van der Waals surface area (Å²) in [5.74, 6) is -1.42. The van der Waals surface area contributed by atoms with Crippen molar-refractivity contribution in [2.24, 2.45) is 0 Å². The monoisotopic (exact) mass is 467 g/mol. The molecule has 0 aliphatic carbocycles. The number of rotatable bonds is 7. The summed E-state index contributed by atoms with van der Waals surface area (Å²) in [4.78, 5) is 18.1. The van der Waals surface area contributed by atoms with Crippen molar-refractivity contribution in [2.45, 2.75) is 26.9 Å². The number of aryl methyl sites for hydroxylation is 1. The Labute approximate surface area is 186 Å². The Morgan fingerprint density at radius 3 is 2.47 bits per heavy atom. The van der Waals surface area contributed by atoms with Gasteiger partial charge in [-0.15, -0.1) is 0 Å². The molecule has 0 radical (unpaired) electrons. The molecule has 2 heterocycles. The summed E-state index contributed by atoms with van der Waals surface area (Å²) in [6, 6.07) is 5.36. The summed E-state index contributed by atoms with van der Waals surface area (Å²) in [5, 5.41) is 5.02. The van der Waals surface area contributed by atoms with Crippen molar-refractivity contribution in [3.8, 4) is 0 Å². The first-order chi connectivity index (χ1) is 15.2. The lowest BCUT2D eigenvalue weighted by atomic mass is 10.1. The van der Waals surface area contributed by atoms with Crippen molar-refractivity contribution in [1.82, 2.24) is 19.5 Å². The molecule has 0 bridgehead atoms. The van der Waals surface area contributed by atoms with Crippen molar-refractivity contribution in [3.63, 3.8) is 0 Å². The number of carbonyl (C=O) groups is 1. The average molecular weight is 468 g/mol. The summed E-state index contributed by atoms with van der Waals surface area (Å²) in [6.07, 6.45) is 1.49. The van der Waals surface area contributed by atoms with E-state index in [9.17, 15) is 22.0 Å². The number of halogens is 2. The van der Waals surface area contributed by atoms with Crippen LogP contribution in [0.4, 0.5) is 19.3 Å². The summed E-state index contributed by atoms with van der Waals surface area (Å²) >= 11 is 0. The fourth-order valence-electron chi connectivity index (χ4n) is 3.41. The van der Waals surface area contributed by atoms with Crippen molar-refractivity contribution in [3.05, 3.63) is 58.9 Å². The molecule has 1 aromatic heterocycles. The van der Waals surface area contributed by atoms with Crippen LogP contribution in [-0.4, -0.2) is 60.6 Å². The Balaban J connectivity index is 1.59. The number of carbonyl (C=O) groups excluding carboxylic acids is 1. The molecule has 2 N–H and O–H groups in total. The highest BCUT2D eigenvalue weighted by Crippen LogP contribution is 2.20. The van der Waals surface area contributed by atoms with Gasteiger partial charge >= 0.3 is 6.03 Å². The molecule has 2 aromatic rings. The molecule has 0 unspecified atom stereocenters. The van der Waals surface area contributed by atoms with Gasteiger partial charge in [-0.25, -0.2) is 22.0 Å². The highest BCUT2D eigenvalue weighted by atomic mass is 32.2. The maximum absolute atomic E-state index is 15.0. The van der Waals surface area contributed by atoms with Crippen LogP contribution in [0.15, 0.2) is 30.5 Å². The third-order valence-corrected chi connectivity index (χ3v) is 7.23. The Bertz CT molecular complexity index is 1060. The van der Waals surface area contributed by atoms with Gasteiger partial charge in [0.15, 0.2) is 0 Å². The standard InChI is InChI=1S/C21H27F2N5O3S/c1-3-32(30,31)28-10-8-27(9-11-28)14-16-5-7-19(22)18(20(16)23)13-25-21(29)26-17-6-4-15(2)24-12-17/h4-7,12H,3,8-11,13-14H2,1-2H3,(H2,25,26,29). The lowest BCUT2D eigenvalue weighted by Crippen LogP contribution is -2.48. The second-order valence-electron chi connectivity index (χ2n) is 7.57. The molecule has 0 saturated carbocycles. The van der Waals surface area contributed by atoms with E-state index in [1.54, 1.807) is 19.1 Å². The minimum Gasteiger partial charge on any atom is -0.334 e. The third kappa shape index (κ3) is 5.99. The maximum atomic E-state index is 15.0. The number of anilines is 1. The summed E-state index contributed by atoms with van der Waals surface area (Å²) < 4.78 is 54.6. The van der Waals surface area contributed by atoms with Crippen molar-refractivity contribution < 1.29 is 22.0 Å². The van der Waals surface area contributed by atoms with Crippen LogP contribution in [0.5, 0.6) is 0 Å². The normalized spacial score (nSPS) is 15.5. The Kier molecular flexibility index (Phi) is 7.75. The minimum atomic E-state index is -3.25. The lowest BCUT2D eigenvalue weighted by molar-refractivity contribution is 0.180. The largest absolute Gasteiger partial charge is 0.334 e. The predicted octanol–water partition coefficient (Wildman–Crippen LogP) is 2.46. The van der Waals surface area contributed by atoms with E-state index in [0.29, 0.717) is 31.9 Å². The van der Waals surface area contributed by atoms with E-state index >= 15 is 0 Å². The van der Waals surface area contributed by atoms with E-state index in [1.165, 1.54) is 22.6 Å². The molecule has 2 amide bonds. The molecular formula is C21H27F2N5O3S. The number of piperazine rings is 1. The zero-order valence-corrected chi connectivity index (χ0v) is 18.9. The summed E-state index contributed by atoms with van der Waals surface area (Å²) in [5.41, 5.74) is 1.32. The number of urea groups is 1. The number of pyridine rings is 1. The fourth-order valence-corrected chi connectivity index (χ4v) is 4.49. The number of nitrogens with zero attached hydrogens (tertiary/aromatic N) is 3. The second-order valence-corrected chi connectivity index (χ2v) is 9.83. The minimum absolute atomic E-state index is 0.0456. The molecule has 11 heteroatoms. The highest BCUT2D eigenvalue weighted by molar-refractivity contribution is 7.89. The number of aromatic nitrogens is 1. The van der Waals surface area contributed by atoms with Gasteiger partial charge in [0.1, 0.15) is 11.6 Å². The first-order valence-electron chi connectivity index (χ1n) is 10.3. The number of hydrogen-bond acceptors (Lipinski definition) is 5. The van der Waals surface area contributed by atoms with Crippen LogP contribution in [0.1, 0.15) is 23.7 Å². The van der Waals surface area contributed by atoms with Crippen LogP contribution in [-0.2, 0) is 23.1 Å². The fraction of sp³-hybridized carbons (Fsp3) is 0.429. The van der Waals surface area contributed by atoms with E-state index < -0.39 is 27.7 Å². The molecule has 1 aliphatic heterocycles. The van der Waals surface area contributed by atoms with Gasteiger partial charge in [-0.3, -0.25) is 9.88 Å². The molecule has 1 aliphatic rings. The van der Waals surface area contributed by atoms with Crippen LogP contribution < -0.4 is 10.6 Å². The average Bonchev–Trinajstić information content (AvgIpc) is 2.77. The second kappa shape index (κ2) is 10.3. The van der Waals surface area contributed by atoms with Crippen LogP contribution >= 0.6 is 0 Å². The van der Waals surface area contributed by atoms with E-state index in [-0.39, 0.29) is 30.0 Å². The molecule has 1 saturated heterocycles. The Morgan fingerprint density at radius 1 is 1.12 bits per heavy atom. The SMILES string of the molecule is CCS(=O)(=O)N1CCN(Cc2ccc(F)c(CNC(=O)Nc3ccc(C)nc3)c2F)CC1. The number of benzene rings is 1. The van der Waals surface area contributed by atoms with Crippen LogP contribution in [0.25, 0.3) is 0 Å². The zero-order chi connectivity index (χ0) is 23.3. The number of sulfonamides is 1. The first-order valence-corrected chi connectivity index (χ1v) is 11.9. The van der Waals surface area contributed by atoms with Gasteiger partial charge in [0, 0.05) is 49.5 Å². The van der Waals surface area contributed by atoms with Gasteiger partial charge in [-0.05, 0) is 32.0 Å². The lowest BCUT2D eigenvalue weighted by Gasteiger charge is -2.33. The molecule has 3 rings (SSSR count). The highest BCUT2D eigenvalue weighted by Gasteiger charge is 2.26. The van der Waals surface area contributed by atoms with Crippen molar-refractivity contribution >= 4 is 21.7 Å². The van der Waals surface area contributed by atoms with Gasteiger partial charge in [0.2, 0.25) is 10.0 Å². The molecule has 8 nitrogen and oxygen atoms in total. The van der Waals surface area contributed by atoms with E-state index in [2.05, 4.69) is 15.6 Å². The topological polar surface area (TPSA) is 94.6 Å². The van der Waals surface area contributed by atoms with Crippen LogP contribution in [0, 0.1) is 18.6 Å². The van der Waals surface area contributed by atoms with Gasteiger partial charge < -0.3 is 10.6 Å².